The van der Waals surface area contributed by atoms with Crippen LogP contribution in [0.5, 0.6) is 0 Å². The van der Waals surface area contributed by atoms with Gasteiger partial charge in [-0.2, -0.15) is 0 Å². The zero-order chi connectivity index (χ0) is 19.0. The van der Waals surface area contributed by atoms with Gasteiger partial charge >= 0.3 is 0 Å². The second-order valence-electron chi connectivity index (χ2n) is 6.44. The van der Waals surface area contributed by atoms with Crippen molar-refractivity contribution in [3.8, 4) is 0 Å². The smallest absolute Gasteiger partial charge is 0.262 e. The van der Waals surface area contributed by atoms with E-state index in [4.69, 9.17) is 0 Å². The average molecular weight is 378 g/mol. The number of anilines is 2. The van der Waals surface area contributed by atoms with Gasteiger partial charge in [0.05, 0.1) is 10.5 Å². The molecular weight excluding hydrogens is 360 g/mol. The lowest BCUT2D eigenvalue weighted by atomic mass is 10.0. The van der Waals surface area contributed by atoms with E-state index in [0.717, 1.165) is 11.3 Å². The largest absolute Gasteiger partial charge is 0.360 e. The lowest BCUT2D eigenvalue weighted by molar-refractivity contribution is 0.0975. The summed E-state index contributed by atoms with van der Waals surface area (Å²) in [5, 5.41) is 3.42. The van der Waals surface area contributed by atoms with Gasteiger partial charge in [0.15, 0.2) is 9.84 Å². The van der Waals surface area contributed by atoms with E-state index >= 15 is 0 Å². The molecule has 1 amide bonds. The molecule has 1 heterocycles. The van der Waals surface area contributed by atoms with E-state index in [1.54, 1.807) is 23.1 Å². The van der Waals surface area contributed by atoms with Gasteiger partial charge in [-0.3, -0.25) is 9.69 Å². The highest BCUT2D eigenvalue weighted by molar-refractivity contribution is 7.90. The number of benzene rings is 3. The lowest BCUT2D eigenvalue weighted by Gasteiger charge is -2.38. The van der Waals surface area contributed by atoms with Crippen molar-refractivity contribution in [2.24, 2.45) is 0 Å². The molecule has 6 heteroatoms. The lowest BCUT2D eigenvalue weighted by Crippen LogP contribution is -2.43. The Morgan fingerprint density at radius 3 is 2.15 bits per heavy atom. The third-order valence-corrected chi connectivity index (χ3v) is 5.71. The number of carbonyl (C=O) groups excluding carboxylic acids is 1. The van der Waals surface area contributed by atoms with Crippen LogP contribution >= 0.6 is 0 Å². The van der Waals surface area contributed by atoms with E-state index < -0.39 is 16.0 Å². The molecule has 27 heavy (non-hydrogen) atoms. The van der Waals surface area contributed by atoms with E-state index in [1.165, 1.54) is 18.4 Å². The number of nitrogens with zero attached hydrogens (tertiary/aromatic N) is 1. The molecule has 0 radical (unpaired) electrons. The summed E-state index contributed by atoms with van der Waals surface area (Å²) in [6.07, 6.45) is 0.774. The highest BCUT2D eigenvalue weighted by Crippen LogP contribution is 2.36. The predicted molar refractivity (Wildman–Crippen MR) is 106 cm³/mol. The summed E-state index contributed by atoms with van der Waals surface area (Å²) in [5.74, 6) is -0.134. The highest BCUT2D eigenvalue weighted by Gasteiger charge is 2.33. The van der Waals surface area contributed by atoms with Gasteiger partial charge in [0.25, 0.3) is 5.91 Å². The molecule has 0 aliphatic carbocycles. The molecule has 1 aliphatic rings. The third kappa shape index (κ3) is 3.19. The second kappa shape index (κ2) is 6.55. The van der Waals surface area contributed by atoms with Gasteiger partial charge in [0.1, 0.15) is 6.17 Å². The van der Waals surface area contributed by atoms with Crippen LogP contribution in [0.4, 0.5) is 11.4 Å². The Morgan fingerprint density at radius 1 is 0.852 bits per heavy atom. The van der Waals surface area contributed by atoms with Crippen LogP contribution in [0.1, 0.15) is 22.1 Å². The van der Waals surface area contributed by atoms with E-state index in [1.807, 2.05) is 48.5 Å². The number of sulfone groups is 1. The first-order chi connectivity index (χ1) is 12.9. The van der Waals surface area contributed by atoms with Crippen molar-refractivity contribution in [1.82, 2.24) is 0 Å². The van der Waals surface area contributed by atoms with Crippen LogP contribution in [-0.2, 0) is 9.84 Å². The van der Waals surface area contributed by atoms with Crippen LogP contribution < -0.4 is 10.2 Å². The summed E-state index contributed by atoms with van der Waals surface area (Å²) < 4.78 is 23.5. The molecule has 0 bridgehead atoms. The summed E-state index contributed by atoms with van der Waals surface area (Å²) in [4.78, 5) is 15.1. The van der Waals surface area contributed by atoms with Crippen LogP contribution in [0.3, 0.4) is 0 Å². The molecule has 0 fully saturated rings. The minimum absolute atomic E-state index is 0.134. The summed E-state index contributed by atoms with van der Waals surface area (Å²) in [5.41, 5.74) is 2.92. The minimum atomic E-state index is -3.30. The summed E-state index contributed by atoms with van der Waals surface area (Å²) in [7, 11) is -3.30. The van der Waals surface area contributed by atoms with E-state index in [-0.39, 0.29) is 10.8 Å². The van der Waals surface area contributed by atoms with Crippen molar-refractivity contribution in [3.05, 3.63) is 90.0 Å². The second-order valence-corrected chi connectivity index (χ2v) is 8.46. The van der Waals surface area contributed by atoms with Crippen molar-refractivity contribution < 1.29 is 13.2 Å². The molecule has 0 saturated carbocycles. The van der Waals surface area contributed by atoms with Crippen LogP contribution in [0.25, 0.3) is 0 Å². The maximum absolute atomic E-state index is 13.3. The Labute approximate surface area is 158 Å². The molecule has 0 saturated heterocycles. The first-order valence-electron chi connectivity index (χ1n) is 8.49. The molecule has 0 spiro atoms. The van der Waals surface area contributed by atoms with Crippen molar-refractivity contribution in [3.63, 3.8) is 0 Å². The summed E-state index contributed by atoms with van der Waals surface area (Å²) >= 11 is 0. The fourth-order valence-corrected chi connectivity index (χ4v) is 3.87. The topological polar surface area (TPSA) is 66.5 Å². The fraction of sp³-hybridized carbons (Fsp3) is 0.0952. The maximum atomic E-state index is 13.3. The number of hydrogen-bond acceptors (Lipinski definition) is 4. The molecule has 4 rings (SSSR count). The molecule has 1 atom stereocenters. The normalized spacial score (nSPS) is 16.6. The van der Waals surface area contributed by atoms with E-state index in [9.17, 15) is 13.2 Å². The number of para-hydroxylation sites is 1. The first kappa shape index (κ1) is 17.3. The van der Waals surface area contributed by atoms with Gasteiger partial charge < -0.3 is 5.32 Å². The molecule has 3 aromatic carbocycles. The molecule has 1 unspecified atom stereocenters. The fourth-order valence-electron chi connectivity index (χ4n) is 3.24. The number of nitrogens with one attached hydrogen (secondary N) is 1. The maximum Gasteiger partial charge on any atom is 0.262 e. The van der Waals surface area contributed by atoms with Gasteiger partial charge in [0.2, 0.25) is 0 Å². The van der Waals surface area contributed by atoms with Gasteiger partial charge in [-0.1, -0.05) is 42.5 Å². The zero-order valence-corrected chi connectivity index (χ0v) is 15.5. The average Bonchev–Trinajstić information content (AvgIpc) is 2.68. The molecule has 1 aliphatic heterocycles. The molecule has 0 aromatic heterocycles. The Balaban J connectivity index is 1.83. The number of fused-ring (bicyclic) bond motifs is 1. The number of rotatable bonds is 3. The molecular formula is C21H18N2O3S. The van der Waals surface area contributed by atoms with Gasteiger partial charge in [-0.25, -0.2) is 8.42 Å². The Hall–Kier alpha value is -3.12. The van der Waals surface area contributed by atoms with E-state index in [0.29, 0.717) is 11.3 Å². The SMILES string of the molecule is CS(=O)(=O)c1ccc(N2C(=O)c3ccccc3NC2c2ccccc2)cc1. The Kier molecular flexibility index (Phi) is 4.20. The highest BCUT2D eigenvalue weighted by atomic mass is 32.2. The van der Waals surface area contributed by atoms with Crippen molar-refractivity contribution >= 4 is 27.1 Å². The monoisotopic (exact) mass is 378 g/mol. The summed E-state index contributed by atoms with van der Waals surface area (Å²) in [6, 6.07) is 23.4. The zero-order valence-electron chi connectivity index (χ0n) is 14.7. The standard InChI is InChI=1S/C21H18N2O3S/c1-27(25,26)17-13-11-16(12-14-17)23-20(15-7-3-2-4-8-15)22-19-10-6-5-9-18(19)21(23)24/h2-14,20,22H,1H3. The predicted octanol–water partition coefficient (Wildman–Crippen LogP) is 3.86. The van der Waals surface area contributed by atoms with Crippen molar-refractivity contribution in [1.29, 1.82) is 0 Å². The van der Waals surface area contributed by atoms with Crippen LogP contribution in [0.15, 0.2) is 83.8 Å². The quantitative estimate of drug-likeness (QED) is 0.752. The number of carbonyl (C=O) groups is 1. The number of hydrogen-bond donors (Lipinski definition) is 1. The molecule has 1 N–H and O–H groups in total. The molecule has 5 nitrogen and oxygen atoms in total. The van der Waals surface area contributed by atoms with Gasteiger partial charge in [-0.15, -0.1) is 0 Å². The van der Waals surface area contributed by atoms with Crippen LogP contribution in [0, 0.1) is 0 Å². The Bertz CT molecular complexity index is 1090. The molecule has 3 aromatic rings. The van der Waals surface area contributed by atoms with Crippen LogP contribution in [0.2, 0.25) is 0 Å². The number of amides is 1. The van der Waals surface area contributed by atoms with Crippen molar-refractivity contribution in [2.75, 3.05) is 16.5 Å². The van der Waals surface area contributed by atoms with Crippen molar-refractivity contribution in [2.45, 2.75) is 11.1 Å². The third-order valence-electron chi connectivity index (χ3n) is 4.59. The van der Waals surface area contributed by atoms with Crippen LogP contribution in [-0.4, -0.2) is 20.6 Å². The minimum Gasteiger partial charge on any atom is -0.360 e. The Morgan fingerprint density at radius 2 is 1.48 bits per heavy atom. The summed E-state index contributed by atoms with van der Waals surface area (Å²) in [6.45, 7) is 0. The van der Waals surface area contributed by atoms with E-state index in [2.05, 4.69) is 5.32 Å². The first-order valence-corrected chi connectivity index (χ1v) is 10.4. The van der Waals surface area contributed by atoms with Gasteiger partial charge in [0, 0.05) is 17.6 Å². The van der Waals surface area contributed by atoms with Gasteiger partial charge in [-0.05, 0) is 42.0 Å². The molecule has 136 valence electrons.